The molecule has 0 aliphatic carbocycles. The minimum atomic E-state index is -0.366. The lowest BCUT2D eigenvalue weighted by atomic mass is 10.1. The average molecular weight is 384 g/mol. The normalized spacial score (nSPS) is 11.6. The van der Waals surface area contributed by atoms with E-state index in [0.29, 0.717) is 23.5 Å². The number of nitrogens with zero attached hydrogens (tertiary/aromatic N) is 2. The van der Waals surface area contributed by atoms with Gasteiger partial charge in [-0.1, -0.05) is 43.3 Å². The summed E-state index contributed by atoms with van der Waals surface area (Å²) >= 11 is 0. The van der Waals surface area contributed by atoms with E-state index in [-0.39, 0.29) is 11.7 Å². The molecule has 0 fully saturated rings. The molecule has 0 saturated carbocycles. The van der Waals surface area contributed by atoms with Gasteiger partial charge in [0.15, 0.2) is 0 Å². The maximum atomic E-state index is 12.5. The quantitative estimate of drug-likeness (QED) is 0.350. The van der Waals surface area contributed by atoms with Crippen molar-refractivity contribution < 1.29 is 9.90 Å². The van der Waals surface area contributed by atoms with E-state index in [4.69, 9.17) is 0 Å². The van der Waals surface area contributed by atoms with Gasteiger partial charge in [-0.3, -0.25) is 9.89 Å². The van der Waals surface area contributed by atoms with Crippen LogP contribution in [-0.4, -0.2) is 26.9 Å². The van der Waals surface area contributed by atoms with Crippen LogP contribution in [0.5, 0.6) is 5.75 Å². The van der Waals surface area contributed by atoms with E-state index in [0.717, 1.165) is 21.9 Å². The number of aromatic nitrogens is 2. The summed E-state index contributed by atoms with van der Waals surface area (Å²) in [7, 11) is 0. The molecule has 4 aromatic rings. The number of benzene rings is 3. The van der Waals surface area contributed by atoms with E-state index >= 15 is 0 Å². The minimum absolute atomic E-state index is 0.187. The van der Waals surface area contributed by atoms with Gasteiger partial charge in [-0.15, -0.1) is 0 Å². The summed E-state index contributed by atoms with van der Waals surface area (Å²) in [5, 5.41) is 23.0. The molecule has 29 heavy (non-hydrogen) atoms. The van der Waals surface area contributed by atoms with Crippen molar-refractivity contribution in [2.45, 2.75) is 13.3 Å². The number of hydrogen-bond donors (Lipinski definition) is 3. The number of hydrogen-bond acceptors (Lipinski definition) is 4. The van der Waals surface area contributed by atoms with Crippen molar-refractivity contribution in [2.24, 2.45) is 5.10 Å². The number of aromatic hydroxyl groups is 1. The molecule has 0 aliphatic heterocycles. The zero-order valence-electron chi connectivity index (χ0n) is 15.9. The third-order valence-corrected chi connectivity index (χ3v) is 4.70. The van der Waals surface area contributed by atoms with E-state index in [1.165, 1.54) is 0 Å². The summed E-state index contributed by atoms with van der Waals surface area (Å²) in [6.07, 6.45) is 0.635. The number of amides is 1. The highest BCUT2D eigenvalue weighted by Crippen LogP contribution is 2.23. The maximum absolute atomic E-state index is 12.5. The predicted molar refractivity (Wildman–Crippen MR) is 114 cm³/mol. The number of phenolic OH excluding ortho intramolecular Hbond substituents is 1. The van der Waals surface area contributed by atoms with Crippen molar-refractivity contribution in [3.05, 3.63) is 84.1 Å². The Kier molecular flexibility index (Phi) is 5.07. The summed E-state index contributed by atoms with van der Waals surface area (Å²) in [6.45, 7) is 1.95. The molecule has 0 saturated heterocycles. The first kappa shape index (κ1) is 18.4. The van der Waals surface area contributed by atoms with E-state index in [2.05, 4.69) is 26.8 Å². The van der Waals surface area contributed by atoms with Gasteiger partial charge in [0, 0.05) is 5.56 Å². The Hall–Kier alpha value is -3.93. The lowest BCUT2D eigenvalue weighted by molar-refractivity contribution is 0.0950. The van der Waals surface area contributed by atoms with Gasteiger partial charge in [0.2, 0.25) is 0 Å². The van der Waals surface area contributed by atoms with Gasteiger partial charge in [0.25, 0.3) is 5.91 Å². The Morgan fingerprint density at radius 2 is 1.79 bits per heavy atom. The van der Waals surface area contributed by atoms with E-state index < -0.39 is 0 Å². The van der Waals surface area contributed by atoms with E-state index in [1.807, 2.05) is 43.3 Å². The van der Waals surface area contributed by atoms with Gasteiger partial charge in [-0.05, 0) is 59.2 Å². The third kappa shape index (κ3) is 4.01. The van der Waals surface area contributed by atoms with Gasteiger partial charge < -0.3 is 5.11 Å². The molecular weight excluding hydrogens is 364 g/mol. The lowest BCUT2D eigenvalue weighted by Gasteiger charge is -2.04. The fourth-order valence-electron chi connectivity index (χ4n) is 3.11. The number of aromatic amines is 1. The van der Waals surface area contributed by atoms with Crippen molar-refractivity contribution in [1.82, 2.24) is 15.6 Å². The average Bonchev–Trinajstić information content (AvgIpc) is 3.25. The highest BCUT2D eigenvalue weighted by molar-refractivity contribution is 6.02. The number of carbonyl (C=O) groups is 1. The predicted octanol–water partition coefficient (Wildman–Crippen LogP) is 4.48. The first-order valence-electron chi connectivity index (χ1n) is 9.35. The summed E-state index contributed by atoms with van der Waals surface area (Å²) < 4.78 is 0. The van der Waals surface area contributed by atoms with E-state index in [1.54, 1.807) is 30.3 Å². The highest BCUT2D eigenvalue weighted by atomic mass is 16.3. The molecule has 0 aliphatic rings. The van der Waals surface area contributed by atoms with Crippen LogP contribution < -0.4 is 5.43 Å². The van der Waals surface area contributed by atoms with Gasteiger partial charge in [-0.25, -0.2) is 5.43 Å². The second-order valence-corrected chi connectivity index (χ2v) is 6.63. The molecule has 3 aromatic carbocycles. The van der Waals surface area contributed by atoms with Gasteiger partial charge >= 0.3 is 0 Å². The Morgan fingerprint density at radius 1 is 1.03 bits per heavy atom. The molecule has 0 atom stereocenters. The fraction of sp³-hybridized carbons (Fsp3) is 0.0870. The number of fused-ring (bicyclic) bond motifs is 1. The highest BCUT2D eigenvalue weighted by Gasteiger charge is 2.12. The van der Waals surface area contributed by atoms with Crippen LogP contribution in [0.1, 0.15) is 29.4 Å². The molecule has 6 heteroatoms. The second-order valence-electron chi connectivity index (χ2n) is 6.63. The van der Waals surface area contributed by atoms with Crippen LogP contribution in [0.3, 0.4) is 0 Å². The Morgan fingerprint density at radius 3 is 2.55 bits per heavy atom. The number of H-pyrrole nitrogens is 1. The van der Waals surface area contributed by atoms with Crippen molar-refractivity contribution in [2.75, 3.05) is 0 Å². The Labute approximate surface area is 167 Å². The third-order valence-electron chi connectivity index (χ3n) is 4.70. The monoisotopic (exact) mass is 384 g/mol. The molecule has 0 bridgehead atoms. The molecule has 144 valence electrons. The molecule has 0 spiro atoms. The van der Waals surface area contributed by atoms with Gasteiger partial charge in [0.05, 0.1) is 11.4 Å². The molecule has 1 amide bonds. The van der Waals surface area contributed by atoms with Crippen LogP contribution in [0.25, 0.3) is 22.0 Å². The largest absolute Gasteiger partial charge is 0.508 e. The molecule has 1 aromatic heterocycles. The van der Waals surface area contributed by atoms with Gasteiger partial charge in [-0.2, -0.15) is 10.2 Å². The van der Waals surface area contributed by atoms with Crippen molar-refractivity contribution in [1.29, 1.82) is 0 Å². The molecule has 1 heterocycles. The SMILES string of the molecule is CC/C(=N/NC(=O)c1cc(-c2ccc3ccccc3c2)n[nH]1)c1ccc(O)cc1. The van der Waals surface area contributed by atoms with E-state index in [9.17, 15) is 9.90 Å². The fourth-order valence-corrected chi connectivity index (χ4v) is 3.11. The van der Waals surface area contributed by atoms with Crippen molar-refractivity contribution in [3.63, 3.8) is 0 Å². The number of phenols is 1. The Bertz CT molecular complexity index is 1190. The smallest absolute Gasteiger partial charge is 0.289 e. The summed E-state index contributed by atoms with van der Waals surface area (Å²) in [4.78, 5) is 12.5. The van der Waals surface area contributed by atoms with Crippen molar-refractivity contribution in [3.8, 4) is 17.0 Å². The first-order valence-corrected chi connectivity index (χ1v) is 9.35. The molecular formula is C23H20N4O2. The zero-order chi connectivity index (χ0) is 20.2. The number of nitrogens with one attached hydrogen (secondary N) is 2. The lowest BCUT2D eigenvalue weighted by Crippen LogP contribution is -2.20. The second kappa shape index (κ2) is 7.98. The summed E-state index contributed by atoms with van der Waals surface area (Å²) in [6, 6.07) is 22.6. The first-order chi connectivity index (χ1) is 14.1. The number of rotatable bonds is 5. The topological polar surface area (TPSA) is 90.4 Å². The minimum Gasteiger partial charge on any atom is -0.508 e. The maximum Gasteiger partial charge on any atom is 0.289 e. The van der Waals surface area contributed by atoms with Crippen LogP contribution >= 0.6 is 0 Å². The number of carbonyl (C=O) groups excluding carboxylic acids is 1. The molecule has 3 N–H and O–H groups in total. The molecule has 0 radical (unpaired) electrons. The van der Waals surface area contributed by atoms with Crippen molar-refractivity contribution >= 4 is 22.4 Å². The summed E-state index contributed by atoms with van der Waals surface area (Å²) in [5.41, 5.74) is 6.08. The molecule has 6 nitrogen and oxygen atoms in total. The standard InChI is InChI=1S/C23H20N4O2/c1-2-20(16-9-11-19(28)12-10-16)24-27-23(29)22-14-21(25-26-22)18-8-7-15-5-3-4-6-17(15)13-18/h3-14,28H,2H2,1H3,(H,25,26)(H,27,29)/b24-20-. The van der Waals surface area contributed by atoms with Crippen LogP contribution in [0.15, 0.2) is 77.9 Å². The van der Waals surface area contributed by atoms with Crippen LogP contribution in [0.4, 0.5) is 0 Å². The van der Waals surface area contributed by atoms with Gasteiger partial charge in [0.1, 0.15) is 11.4 Å². The summed E-state index contributed by atoms with van der Waals surface area (Å²) in [5.74, 6) is -0.179. The molecule has 0 unspecified atom stereocenters. The van der Waals surface area contributed by atoms with Crippen LogP contribution in [-0.2, 0) is 0 Å². The van der Waals surface area contributed by atoms with Crippen LogP contribution in [0, 0.1) is 0 Å². The Balaban J connectivity index is 1.52. The molecule has 4 rings (SSSR count). The van der Waals surface area contributed by atoms with Crippen LogP contribution in [0.2, 0.25) is 0 Å². The zero-order valence-corrected chi connectivity index (χ0v) is 15.9. The number of hydrazone groups is 1.